The Bertz CT molecular complexity index is 203. The fourth-order valence-electron chi connectivity index (χ4n) is 0.666. The fourth-order valence-corrected chi connectivity index (χ4v) is 1.18. The van der Waals surface area contributed by atoms with Crippen LogP contribution in [0.25, 0.3) is 0 Å². The monoisotopic (exact) mass is 171 g/mol. The summed E-state index contributed by atoms with van der Waals surface area (Å²) >= 11 is 1.67. The maximum absolute atomic E-state index is 5.61. The molecule has 1 nitrogen and oxygen atoms in total. The normalized spacial score (nSPS) is 8.27. The van der Waals surface area contributed by atoms with Crippen molar-refractivity contribution in [2.45, 2.75) is 18.7 Å². The summed E-state index contributed by atoms with van der Waals surface area (Å²) < 4.78 is 0. The number of benzene rings is 1. The third-order valence-electron chi connectivity index (χ3n) is 1.14. The molecule has 0 atom stereocenters. The van der Waals surface area contributed by atoms with Crippen LogP contribution in [0.4, 0.5) is 5.69 Å². The minimum Gasteiger partial charge on any atom is -0.398 e. The van der Waals surface area contributed by atoms with Gasteiger partial charge in [0.2, 0.25) is 0 Å². The Hall–Kier alpha value is -0.630. The molecule has 0 aromatic heterocycles. The molecular formula is C9H17NS. The highest BCUT2D eigenvalue weighted by atomic mass is 32.2. The van der Waals surface area contributed by atoms with Gasteiger partial charge in [0.25, 0.3) is 0 Å². The molecule has 1 aromatic carbocycles. The average molecular weight is 171 g/mol. The Morgan fingerprint density at radius 3 is 2.18 bits per heavy atom. The van der Waals surface area contributed by atoms with Crippen molar-refractivity contribution in [2.75, 3.05) is 12.0 Å². The predicted molar refractivity (Wildman–Crippen MR) is 56.1 cm³/mol. The SMILES string of the molecule is CC.CSc1ccccc1N.[HH]. The number of nitrogen functional groups attached to an aromatic ring is 1. The van der Waals surface area contributed by atoms with Gasteiger partial charge < -0.3 is 5.73 Å². The molecule has 0 saturated carbocycles. The number of thioether (sulfide) groups is 1. The molecular weight excluding hydrogens is 154 g/mol. The largest absolute Gasteiger partial charge is 0.398 e. The zero-order chi connectivity index (χ0) is 8.69. The molecule has 0 radical (unpaired) electrons. The number of para-hydroxylation sites is 1. The van der Waals surface area contributed by atoms with E-state index in [1.807, 2.05) is 44.4 Å². The molecule has 0 amide bonds. The highest BCUT2D eigenvalue weighted by Crippen LogP contribution is 2.20. The summed E-state index contributed by atoms with van der Waals surface area (Å²) in [6.07, 6.45) is 2.02. The van der Waals surface area contributed by atoms with Crippen LogP contribution in [-0.2, 0) is 0 Å². The van der Waals surface area contributed by atoms with Gasteiger partial charge in [-0.05, 0) is 18.4 Å². The summed E-state index contributed by atoms with van der Waals surface area (Å²) in [7, 11) is 0. The van der Waals surface area contributed by atoms with Crippen molar-refractivity contribution in [1.29, 1.82) is 0 Å². The minimum atomic E-state index is 0. The van der Waals surface area contributed by atoms with Crippen LogP contribution in [0.5, 0.6) is 0 Å². The maximum atomic E-state index is 5.61. The van der Waals surface area contributed by atoms with Gasteiger partial charge in [-0.25, -0.2) is 0 Å². The van der Waals surface area contributed by atoms with Crippen molar-refractivity contribution in [3.63, 3.8) is 0 Å². The van der Waals surface area contributed by atoms with Crippen LogP contribution in [0.3, 0.4) is 0 Å². The molecule has 0 aliphatic carbocycles. The van der Waals surface area contributed by atoms with Gasteiger partial charge in [0.1, 0.15) is 0 Å². The van der Waals surface area contributed by atoms with E-state index in [0.29, 0.717) is 0 Å². The van der Waals surface area contributed by atoms with Crippen LogP contribution >= 0.6 is 11.8 Å². The predicted octanol–water partition coefficient (Wildman–Crippen LogP) is 3.26. The van der Waals surface area contributed by atoms with Crippen molar-refractivity contribution >= 4 is 17.4 Å². The number of hydrogen-bond donors (Lipinski definition) is 1. The third-order valence-corrected chi connectivity index (χ3v) is 1.95. The standard InChI is InChI=1S/C7H9NS.C2H6.H2/c1-9-7-5-3-2-4-6(7)8;1-2;/h2-5H,8H2,1H3;1-2H3;1H. The quantitative estimate of drug-likeness (QED) is 0.518. The first-order valence-corrected chi connectivity index (χ1v) is 4.95. The summed E-state index contributed by atoms with van der Waals surface area (Å²) in [5.41, 5.74) is 6.48. The second-order valence-corrected chi connectivity index (χ2v) is 2.59. The first-order chi connectivity index (χ1) is 5.34. The Morgan fingerprint density at radius 2 is 1.82 bits per heavy atom. The van der Waals surface area contributed by atoms with Crippen LogP contribution in [0.15, 0.2) is 29.2 Å². The van der Waals surface area contributed by atoms with Gasteiger partial charge in [-0.2, -0.15) is 0 Å². The van der Waals surface area contributed by atoms with Crippen LogP contribution in [0.2, 0.25) is 0 Å². The number of nitrogens with two attached hydrogens (primary N) is 1. The number of hydrogen-bond acceptors (Lipinski definition) is 2. The first-order valence-electron chi connectivity index (χ1n) is 3.73. The molecule has 0 bridgehead atoms. The van der Waals surface area contributed by atoms with Gasteiger partial charge in [0.15, 0.2) is 0 Å². The summed E-state index contributed by atoms with van der Waals surface area (Å²) in [5, 5.41) is 0. The fraction of sp³-hybridized carbons (Fsp3) is 0.333. The molecule has 11 heavy (non-hydrogen) atoms. The number of anilines is 1. The Balaban J connectivity index is 0. The molecule has 2 heteroatoms. The van der Waals surface area contributed by atoms with Gasteiger partial charge in [-0.1, -0.05) is 26.0 Å². The van der Waals surface area contributed by atoms with E-state index in [9.17, 15) is 0 Å². The van der Waals surface area contributed by atoms with Gasteiger partial charge in [-0.15, -0.1) is 11.8 Å². The van der Waals surface area contributed by atoms with E-state index in [-0.39, 0.29) is 1.43 Å². The van der Waals surface area contributed by atoms with E-state index < -0.39 is 0 Å². The zero-order valence-electron chi connectivity index (χ0n) is 7.29. The molecule has 2 N–H and O–H groups in total. The number of rotatable bonds is 1. The molecule has 0 aliphatic rings. The molecule has 1 rings (SSSR count). The maximum Gasteiger partial charge on any atom is 0.0452 e. The van der Waals surface area contributed by atoms with Crippen molar-refractivity contribution < 1.29 is 1.43 Å². The Kier molecular flexibility index (Phi) is 5.75. The molecule has 0 spiro atoms. The lowest BCUT2D eigenvalue weighted by atomic mass is 10.3. The zero-order valence-corrected chi connectivity index (χ0v) is 8.11. The highest BCUT2D eigenvalue weighted by molar-refractivity contribution is 7.98. The highest BCUT2D eigenvalue weighted by Gasteiger charge is 1.91. The summed E-state index contributed by atoms with van der Waals surface area (Å²) in [6.45, 7) is 4.00. The van der Waals surface area contributed by atoms with Gasteiger partial charge in [-0.3, -0.25) is 0 Å². The summed E-state index contributed by atoms with van der Waals surface area (Å²) in [6, 6.07) is 7.85. The van der Waals surface area contributed by atoms with E-state index in [1.54, 1.807) is 11.8 Å². The van der Waals surface area contributed by atoms with E-state index in [1.165, 1.54) is 0 Å². The molecule has 1 aromatic rings. The van der Waals surface area contributed by atoms with E-state index in [0.717, 1.165) is 10.6 Å². The van der Waals surface area contributed by atoms with Crippen LogP contribution < -0.4 is 5.73 Å². The second kappa shape index (κ2) is 6.10. The van der Waals surface area contributed by atoms with E-state index >= 15 is 0 Å². The molecule has 0 unspecified atom stereocenters. The molecule has 0 fully saturated rings. The van der Waals surface area contributed by atoms with Gasteiger partial charge in [0, 0.05) is 12.0 Å². The molecule has 0 heterocycles. The minimum absolute atomic E-state index is 0. The lowest BCUT2D eigenvalue weighted by molar-refractivity contribution is 1.47. The molecule has 0 saturated heterocycles. The topological polar surface area (TPSA) is 26.0 Å². The first kappa shape index (κ1) is 10.4. The van der Waals surface area contributed by atoms with E-state index in [2.05, 4.69) is 0 Å². The van der Waals surface area contributed by atoms with Crippen molar-refractivity contribution in [2.24, 2.45) is 0 Å². The lowest BCUT2D eigenvalue weighted by Gasteiger charge is -1.97. The van der Waals surface area contributed by atoms with Crippen molar-refractivity contribution in [3.05, 3.63) is 24.3 Å². The van der Waals surface area contributed by atoms with Crippen LogP contribution in [0, 0.1) is 0 Å². The van der Waals surface area contributed by atoms with Gasteiger partial charge in [0.05, 0.1) is 0 Å². The third kappa shape index (κ3) is 3.33. The molecule has 64 valence electrons. The van der Waals surface area contributed by atoms with Crippen molar-refractivity contribution in [3.8, 4) is 0 Å². The average Bonchev–Trinajstić information content (AvgIpc) is 2.09. The summed E-state index contributed by atoms with van der Waals surface area (Å²) in [4.78, 5) is 1.15. The second-order valence-electron chi connectivity index (χ2n) is 1.74. The lowest BCUT2D eigenvalue weighted by Crippen LogP contribution is -1.85. The smallest absolute Gasteiger partial charge is 0.0452 e. The Labute approximate surface area is 74.5 Å². The molecule has 0 aliphatic heterocycles. The van der Waals surface area contributed by atoms with Crippen molar-refractivity contribution in [1.82, 2.24) is 0 Å². The van der Waals surface area contributed by atoms with Crippen LogP contribution in [-0.4, -0.2) is 6.26 Å². The summed E-state index contributed by atoms with van der Waals surface area (Å²) in [5.74, 6) is 0. The van der Waals surface area contributed by atoms with Crippen LogP contribution in [0.1, 0.15) is 15.3 Å². The van der Waals surface area contributed by atoms with Gasteiger partial charge >= 0.3 is 0 Å². The van der Waals surface area contributed by atoms with E-state index in [4.69, 9.17) is 5.73 Å². The Morgan fingerprint density at radius 1 is 1.27 bits per heavy atom.